The molecule has 0 spiro atoms. The third-order valence-corrected chi connectivity index (χ3v) is 3.94. The zero-order chi connectivity index (χ0) is 14.1. The van der Waals surface area contributed by atoms with Crippen LogP contribution >= 0.6 is 11.6 Å². The highest BCUT2D eigenvalue weighted by Gasteiger charge is 2.23. The molecular formula is C11H17ClN2O3S. The van der Waals surface area contributed by atoms with Crippen molar-refractivity contribution < 1.29 is 13.5 Å². The zero-order valence-electron chi connectivity index (χ0n) is 10.4. The van der Waals surface area contributed by atoms with Crippen LogP contribution in [0.15, 0.2) is 23.1 Å². The van der Waals surface area contributed by atoms with Crippen molar-refractivity contribution in [1.29, 1.82) is 0 Å². The van der Waals surface area contributed by atoms with Crippen LogP contribution in [0.5, 0.6) is 0 Å². The normalized spacial score (nSPS) is 14.3. The Morgan fingerprint density at radius 1 is 1.44 bits per heavy atom. The summed E-state index contributed by atoms with van der Waals surface area (Å²) in [6.07, 6.45) is 0. The van der Waals surface area contributed by atoms with Gasteiger partial charge in [0, 0.05) is 0 Å². The number of benzene rings is 1. The van der Waals surface area contributed by atoms with Gasteiger partial charge in [-0.3, -0.25) is 0 Å². The quantitative estimate of drug-likeness (QED) is 0.785. The van der Waals surface area contributed by atoms with Crippen molar-refractivity contribution in [3.63, 3.8) is 0 Å². The van der Waals surface area contributed by atoms with Crippen LogP contribution in [0.2, 0.25) is 5.02 Å². The Hall–Kier alpha value is -0.820. The summed E-state index contributed by atoms with van der Waals surface area (Å²) < 4.78 is 22.5. The maximum atomic E-state index is 11.2. The van der Waals surface area contributed by atoms with Crippen LogP contribution in [0.4, 0.5) is 5.69 Å². The molecule has 0 aliphatic heterocycles. The van der Waals surface area contributed by atoms with Crippen LogP contribution in [0.25, 0.3) is 0 Å². The van der Waals surface area contributed by atoms with Gasteiger partial charge < -0.3 is 10.4 Å². The molecule has 1 atom stereocenters. The number of hydrogen-bond donors (Lipinski definition) is 3. The second-order valence-electron chi connectivity index (χ2n) is 4.71. The molecule has 7 heteroatoms. The monoisotopic (exact) mass is 292 g/mol. The van der Waals surface area contributed by atoms with E-state index in [1.807, 2.05) is 0 Å². The van der Waals surface area contributed by atoms with Crippen LogP contribution in [0.1, 0.15) is 20.8 Å². The van der Waals surface area contributed by atoms with Crippen molar-refractivity contribution in [1.82, 2.24) is 0 Å². The van der Waals surface area contributed by atoms with Crippen molar-refractivity contribution in [3.8, 4) is 0 Å². The Balaban J connectivity index is 3.10. The molecular weight excluding hydrogens is 276 g/mol. The van der Waals surface area contributed by atoms with Gasteiger partial charge in [0.2, 0.25) is 10.0 Å². The number of halogens is 1. The van der Waals surface area contributed by atoms with Crippen molar-refractivity contribution >= 4 is 27.3 Å². The molecule has 1 aromatic rings. The first-order valence-corrected chi connectivity index (χ1v) is 7.25. The lowest BCUT2D eigenvalue weighted by molar-refractivity contribution is 0.0649. The lowest BCUT2D eigenvalue weighted by Gasteiger charge is -2.28. The minimum absolute atomic E-state index is 0.0302. The van der Waals surface area contributed by atoms with E-state index in [4.69, 9.17) is 16.7 Å². The third kappa shape index (κ3) is 3.84. The van der Waals surface area contributed by atoms with Gasteiger partial charge in [-0.05, 0) is 39.0 Å². The molecule has 0 radical (unpaired) electrons. The number of primary sulfonamides is 1. The minimum Gasteiger partial charge on any atom is -0.388 e. The largest absolute Gasteiger partial charge is 0.388 e. The van der Waals surface area contributed by atoms with E-state index in [0.29, 0.717) is 10.7 Å². The van der Waals surface area contributed by atoms with Crippen LogP contribution in [-0.2, 0) is 10.0 Å². The number of nitrogens with one attached hydrogen (secondary N) is 1. The molecule has 0 amide bonds. The number of rotatable bonds is 4. The average molecular weight is 293 g/mol. The third-order valence-electron chi connectivity index (χ3n) is 2.70. The van der Waals surface area contributed by atoms with Gasteiger partial charge in [0.25, 0.3) is 0 Å². The van der Waals surface area contributed by atoms with E-state index < -0.39 is 15.6 Å². The highest BCUT2D eigenvalue weighted by molar-refractivity contribution is 7.89. The lowest BCUT2D eigenvalue weighted by atomic mass is 10.0. The smallest absolute Gasteiger partial charge is 0.238 e. The summed E-state index contributed by atoms with van der Waals surface area (Å²) in [6, 6.07) is 3.81. The number of nitrogens with two attached hydrogens (primary N) is 1. The summed E-state index contributed by atoms with van der Waals surface area (Å²) in [7, 11) is -3.77. The summed E-state index contributed by atoms with van der Waals surface area (Å²) >= 11 is 5.96. The van der Waals surface area contributed by atoms with E-state index in [1.54, 1.807) is 20.8 Å². The molecule has 0 fully saturated rings. The summed E-state index contributed by atoms with van der Waals surface area (Å²) in [6.45, 7) is 5.05. The molecule has 1 unspecified atom stereocenters. The van der Waals surface area contributed by atoms with Gasteiger partial charge in [-0.15, -0.1) is 0 Å². The predicted molar refractivity (Wildman–Crippen MR) is 72.2 cm³/mol. The molecule has 0 aromatic heterocycles. The second-order valence-corrected chi connectivity index (χ2v) is 6.67. The fourth-order valence-electron chi connectivity index (χ4n) is 1.20. The van der Waals surface area contributed by atoms with Gasteiger partial charge in [-0.25, -0.2) is 13.6 Å². The van der Waals surface area contributed by atoms with Gasteiger partial charge in [-0.1, -0.05) is 11.6 Å². The molecule has 18 heavy (non-hydrogen) atoms. The average Bonchev–Trinajstić information content (AvgIpc) is 2.18. The summed E-state index contributed by atoms with van der Waals surface area (Å²) in [5, 5.41) is 18.2. The summed E-state index contributed by atoms with van der Waals surface area (Å²) in [5.74, 6) is 0. The first kappa shape index (κ1) is 15.2. The van der Waals surface area contributed by atoms with E-state index >= 15 is 0 Å². The second kappa shape index (κ2) is 5.05. The molecule has 1 rings (SSSR count). The Bertz CT molecular complexity index is 538. The predicted octanol–water partition coefficient (Wildman–Crippen LogP) is 1.56. The van der Waals surface area contributed by atoms with Crippen molar-refractivity contribution in [2.45, 2.75) is 37.3 Å². The Labute approximate surface area is 112 Å². The van der Waals surface area contributed by atoms with Crippen molar-refractivity contribution in [3.05, 3.63) is 23.2 Å². The fraction of sp³-hybridized carbons (Fsp3) is 0.455. The number of aliphatic hydroxyl groups is 1. The molecule has 4 N–H and O–H groups in total. The van der Waals surface area contributed by atoms with E-state index in [1.165, 1.54) is 18.2 Å². The maximum absolute atomic E-state index is 11.2. The van der Waals surface area contributed by atoms with Crippen LogP contribution in [-0.4, -0.2) is 25.2 Å². The minimum atomic E-state index is -3.77. The van der Waals surface area contributed by atoms with Crippen LogP contribution in [0.3, 0.4) is 0 Å². The summed E-state index contributed by atoms with van der Waals surface area (Å²) in [5.41, 5.74) is -0.557. The van der Waals surface area contributed by atoms with Crippen LogP contribution < -0.4 is 10.5 Å². The van der Waals surface area contributed by atoms with E-state index in [-0.39, 0.29) is 10.9 Å². The highest BCUT2D eigenvalue weighted by atomic mass is 35.5. The molecule has 0 saturated carbocycles. The number of hydrogen-bond acceptors (Lipinski definition) is 4. The van der Waals surface area contributed by atoms with Crippen molar-refractivity contribution in [2.75, 3.05) is 5.32 Å². The zero-order valence-corrected chi connectivity index (χ0v) is 12.0. The highest BCUT2D eigenvalue weighted by Crippen LogP contribution is 2.27. The van der Waals surface area contributed by atoms with Gasteiger partial charge in [0.05, 0.1) is 27.2 Å². The van der Waals surface area contributed by atoms with Gasteiger partial charge >= 0.3 is 0 Å². The first-order chi connectivity index (χ1) is 8.01. The molecule has 5 nitrogen and oxygen atoms in total. The first-order valence-electron chi connectivity index (χ1n) is 5.33. The van der Waals surface area contributed by atoms with E-state index in [0.717, 1.165) is 0 Å². The molecule has 0 heterocycles. The molecule has 0 aliphatic carbocycles. The van der Waals surface area contributed by atoms with Crippen molar-refractivity contribution in [2.24, 2.45) is 5.14 Å². The van der Waals surface area contributed by atoms with E-state index in [2.05, 4.69) is 5.32 Å². The maximum Gasteiger partial charge on any atom is 0.238 e. The number of anilines is 1. The Morgan fingerprint density at radius 3 is 2.44 bits per heavy atom. The van der Waals surface area contributed by atoms with Gasteiger partial charge in [0.1, 0.15) is 0 Å². The molecule has 102 valence electrons. The van der Waals surface area contributed by atoms with Gasteiger partial charge in [-0.2, -0.15) is 0 Å². The van der Waals surface area contributed by atoms with E-state index in [9.17, 15) is 13.5 Å². The van der Waals surface area contributed by atoms with Crippen LogP contribution in [0, 0.1) is 0 Å². The van der Waals surface area contributed by atoms with Gasteiger partial charge in [0.15, 0.2) is 0 Å². The topological polar surface area (TPSA) is 92.4 Å². The molecule has 0 saturated heterocycles. The fourth-order valence-corrected chi connectivity index (χ4v) is 1.91. The Morgan fingerprint density at radius 2 is 2.00 bits per heavy atom. The molecule has 0 bridgehead atoms. The number of sulfonamides is 1. The molecule has 1 aromatic carbocycles. The summed E-state index contributed by atoms with van der Waals surface area (Å²) in [4.78, 5) is -0.0302. The lowest BCUT2D eigenvalue weighted by Crippen LogP contribution is -2.39. The SMILES string of the molecule is CC(Nc1cc(S(N)(=O)=O)ccc1Cl)C(C)(C)O. The Kier molecular flexibility index (Phi) is 4.27. The molecule has 0 aliphatic rings. The standard InChI is InChI=1S/C11H17ClN2O3S/c1-7(11(2,3)15)14-10-6-8(18(13,16)17)4-5-9(10)12/h4-7,14-15H,1-3H3,(H2,13,16,17).